The first kappa shape index (κ1) is 24.6. The molecule has 0 aliphatic carbocycles. The van der Waals surface area contributed by atoms with Gasteiger partial charge in [-0.15, -0.1) is 0 Å². The zero-order valence-corrected chi connectivity index (χ0v) is 21.9. The molecule has 0 aliphatic rings. The van der Waals surface area contributed by atoms with Crippen LogP contribution in [0.4, 0.5) is 0 Å². The predicted molar refractivity (Wildman–Crippen MR) is 118 cm³/mol. The Kier molecular flexibility index (Phi) is 8.71. The predicted octanol–water partition coefficient (Wildman–Crippen LogP) is 6.98. The molecule has 0 spiro atoms. The molecule has 1 atom stereocenters. The molecule has 0 aromatic rings. The summed E-state index contributed by atoms with van der Waals surface area (Å²) in [6.07, 6.45) is 3.51. The molecule has 5 heteroatoms. The largest absolute Gasteiger partial charge is 0.412 e. The van der Waals surface area contributed by atoms with Gasteiger partial charge in [0.15, 0.2) is 8.32 Å². The van der Waals surface area contributed by atoms with Crippen molar-refractivity contribution in [3.8, 4) is 0 Å². The van der Waals surface area contributed by atoms with Gasteiger partial charge >= 0.3 is 0 Å². The Balaban J connectivity index is 5.51. The fraction of sp³-hybridized carbons (Fsp3) is 1.00. The highest BCUT2D eigenvalue weighted by Crippen LogP contribution is 2.39. The van der Waals surface area contributed by atoms with Crippen LogP contribution in [0.1, 0.15) is 60.8 Å². The first-order valence-electron chi connectivity index (χ1n) is 10.00. The van der Waals surface area contributed by atoms with Crippen LogP contribution >= 0.6 is 0 Å². The zero-order chi connectivity index (χ0) is 19.4. The van der Waals surface area contributed by atoms with Crippen molar-refractivity contribution in [3.63, 3.8) is 0 Å². The summed E-state index contributed by atoms with van der Waals surface area (Å²) in [5.41, 5.74) is 0. The number of rotatable bonds is 11. The van der Waals surface area contributed by atoms with Gasteiger partial charge in [-0.25, -0.2) is 0 Å². The highest BCUT2D eigenvalue weighted by molar-refractivity contribution is 6.82. The summed E-state index contributed by atoms with van der Waals surface area (Å²) in [7, 11) is -5.10. The minimum atomic E-state index is -2.02. The molecule has 0 bridgehead atoms. The topological polar surface area (TPSA) is 18.5 Å². The normalized spacial score (nSPS) is 17.0. The maximum absolute atomic E-state index is 7.02. The summed E-state index contributed by atoms with van der Waals surface area (Å²) < 4.78 is 13.9. The zero-order valence-electron chi connectivity index (χ0n) is 18.9. The smallest absolute Gasteiger partial charge is 0.216 e. The van der Waals surface area contributed by atoms with Gasteiger partial charge < -0.3 is 8.85 Å². The Bertz CT molecular complexity index is 392. The third kappa shape index (κ3) is 6.08. The fourth-order valence-electron chi connectivity index (χ4n) is 3.69. The van der Waals surface area contributed by atoms with E-state index >= 15 is 0 Å². The highest BCUT2D eigenvalue weighted by Gasteiger charge is 2.52. The summed E-state index contributed by atoms with van der Waals surface area (Å²) in [6, 6.07) is 2.55. The first-order chi connectivity index (χ1) is 10.6. The Morgan fingerprint density at radius 2 is 1.17 bits per heavy atom. The third-order valence-corrected chi connectivity index (χ3v) is 18.6. The van der Waals surface area contributed by atoms with Crippen LogP contribution in [0.5, 0.6) is 0 Å². The molecule has 0 fully saturated rings. The molecule has 24 heavy (non-hydrogen) atoms. The van der Waals surface area contributed by atoms with Crippen molar-refractivity contribution < 1.29 is 8.85 Å². The lowest BCUT2D eigenvalue weighted by Crippen LogP contribution is -2.66. The van der Waals surface area contributed by atoms with E-state index in [0.717, 1.165) is 6.42 Å². The molecule has 0 N–H and O–H groups in total. The number of hydrogen-bond donors (Lipinski definition) is 0. The van der Waals surface area contributed by atoms with E-state index in [1.54, 1.807) is 0 Å². The Hall–Kier alpha value is 0.571. The molecule has 0 aromatic heterocycles. The average Bonchev–Trinajstić information content (AvgIpc) is 2.36. The van der Waals surface area contributed by atoms with E-state index in [-0.39, 0.29) is 10.4 Å². The van der Waals surface area contributed by atoms with E-state index in [4.69, 9.17) is 8.85 Å². The van der Waals surface area contributed by atoms with Crippen molar-refractivity contribution in [2.75, 3.05) is 0 Å². The summed E-state index contributed by atoms with van der Waals surface area (Å²) in [4.78, 5) is 0. The molecular formula is C19H46O2Si3. The van der Waals surface area contributed by atoms with Gasteiger partial charge in [0.05, 0.1) is 13.3 Å². The Morgan fingerprint density at radius 1 is 0.708 bits per heavy atom. The minimum Gasteiger partial charge on any atom is -0.412 e. The quantitative estimate of drug-likeness (QED) is 0.354. The Morgan fingerprint density at radius 3 is 1.54 bits per heavy atom. The van der Waals surface area contributed by atoms with Gasteiger partial charge in [0.2, 0.25) is 8.32 Å². The molecule has 2 nitrogen and oxygen atoms in total. The molecule has 0 aliphatic heterocycles. The van der Waals surface area contributed by atoms with Gasteiger partial charge in [0.25, 0.3) is 0 Å². The van der Waals surface area contributed by atoms with E-state index in [0.29, 0.717) is 0 Å². The lowest BCUT2D eigenvalue weighted by molar-refractivity contribution is 0.0843. The molecule has 0 rings (SSSR count). The molecular weight excluding hydrogens is 344 g/mol. The second-order valence-electron chi connectivity index (χ2n) is 9.95. The van der Waals surface area contributed by atoms with E-state index in [1.165, 1.54) is 24.9 Å². The molecule has 0 heterocycles. The second-order valence-corrected chi connectivity index (χ2v) is 23.9. The van der Waals surface area contributed by atoms with Crippen molar-refractivity contribution in [1.29, 1.82) is 0 Å². The van der Waals surface area contributed by atoms with E-state index < -0.39 is 24.7 Å². The third-order valence-electron chi connectivity index (χ3n) is 6.32. The monoisotopic (exact) mass is 390 g/mol. The summed E-state index contributed by atoms with van der Waals surface area (Å²) >= 11 is 0. The van der Waals surface area contributed by atoms with Gasteiger partial charge in [0.1, 0.15) is 0 Å². The summed E-state index contributed by atoms with van der Waals surface area (Å²) in [5.74, 6) is 0. The van der Waals surface area contributed by atoms with E-state index in [9.17, 15) is 0 Å². The molecule has 0 saturated carbocycles. The first-order valence-corrected chi connectivity index (χ1v) is 19.2. The Labute approximate surface area is 156 Å². The highest BCUT2D eigenvalue weighted by atomic mass is 28.4. The second kappa shape index (κ2) is 8.51. The van der Waals surface area contributed by atoms with Crippen molar-refractivity contribution >= 4 is 24.7 Å². The fourth-order valence-corrected chi connectivity index (χ4v) is 14.2. The van der Waals surface area contributed by atoms with Crippen LogP contribution in [0, 0.1) is 0 Å². The van der Waals surface area contributed by atoms with Crippen LogP contribution in [0.3, 0.4) is 0 Å². The van der Waals surface area contributed by atoms with Crippen LogP contribution in [0.25, 0.3) is 0 Å². The van der Waals surface area contributed by atoms with E-state index in [1.807, 2.05) is 0 Å². The SMILES string of the molecule is CCC[Si](C)(C)OC(C)(CC)[Si](C)(C)OC(C)(C)[Si](C)(C)CCC. The lowest BCUT2D eigenvalue weighted by atomic mass is 10.3. The molecule has 146 valence electrons. The summed E-state index contributed by atoms with van der Waals surface area (Å²) in [5, 5.41) is -0.110. The van der Waals surface area contributed by atoms with Gasteiger partial charge in [-0.1, -0.05) is 52.8 Å². The van der Waals surface area contributed by atoms with Gasteiger partial charge in [-0.2, -0.15) is 0 Å². The van der Waals surface area contributed by atoms with Crippen LogP contribution in [0.2, 0.25) is 51.4 Å². The standard InChI is InChI=1S/C19H46O2Si3/c1-13-16-22(7,8)18(4,5)20-24(11,12)19(6,15-3)21-23(9,10)17-14-2/h13-17H2,1-12H3. The lowest BCUT2D eigenvalue weighted by Gasteiger charge is -2.52. The molecule has 1 unspecified atom stereocenters. The molecule has 0 aromatic carbocycles. The van der Waals surface area contributed by atoms with Crippen LogP contribution < -0.4 is 0 Å². The van der Waals surface area contributed by atoms with Gasteiger partial charge in [0, 0.05) is 5.22 Å². The maximum Gasteiger partial charge on any atom is 0.216 e. The van der Waals surface area contributed by atoms with Gasteiger partial charge in [-0.3, -0.25) is 0 Å². The van der Waals surface area contributed by atoms with Gasteiger partial charge in [-0.05, 0) is 59.4 Å². The van der Waals surface area contributed by atoms with Crippen LogP contribution in [-0.2, 0) is 8.85 Å². The minimum absolute atomic E-state index is 0.00498. The average molecular weight is 391 g/mol. The molecule has 0 saturated heterocycles. The van der Waals surface area contributed by atoms with Crippen molar-refractivity contribution in [1.82, 2.24) is 0 Å². The van der Waals surface area contributed by atoms with Crippen molar-refractivity contribution in [2.45, 2.75) is 123 Å². The molecule has 0 amide bonds. The summed E-state index contributed by atoms with van der Waals surface area (Å²) in [6.45, 7) is 28.3. The molecule has 0 radical (unpaired) electrons. The van der Waals surface area contributed by atoms with E-state index in [2.05, 4.69) is 80.8 Å². The van der Waals surface area contributed by atoms with Crippen molar-refractivity contribution in [2.24, 2.45) is 0 Å². The van der Waals surface area contributed by atoms with Crippen LogP contribution in [-0.4, -0.2) is 35.2 Å². The van der Waals surface area contributed by atoms with Crippen molar-refractivity contribution in [3.05, 3.63) is 0 Å². The van der Waals surface area contributed by atoms with Crippen LogP contribution in [0.15, 0.2) is 0 Å². The number of hydrogen-bond acceptors (Lipinski definition) is 2. The maximum atomic E-state index is 7.02.